The maximum atomic E-state index is 11.2. The molecule has 2 aromatic rings. The number of rotatable bonds is 4. The summed E-state index contributed by atoms with van der Waals surface area (Å²) in [6.07, 6.45) is 1.50. The van der Waals surface area contributed by atoms with Crippen LogP contribution in [0.2, 0.25) is 0 Å². The van der Waals surface area contributed by atoms with Gasteiger partial charge in [-0.05, 0) is 19.1 Å². The van der Waals surface area contributed by atoms with Gasteiger partial charge >= 0.3 is 0 Å². The van der Waals surface area contributed by atoms with Crippen molar-refractivity contribution in [3.8, 4) is 17.4 Å². The van der Waals surface area contributed by atoms with Gasteiger partial charge in [0.25, 0.3) is 0 Å². The molecule has 1 aromatic carbocycles. The highest BCUT2D eigenvalue weighted by molar-refractivity contribution is 7.80. The van der Waals surface area contributed by atoms with Gasteiger partial charge in [-0.1, -0.05) is 36.5 Å². The third kappa shape index (κ3) is 3.44. The zero-order chi connectivity index (χ0) is 15.4. The zero-order valence-corrected chi connectivity index (χ0v) is 12.1. The van der Waals surface area contributed by atoms with Gasteiger partial charge in [-0.3, -0.25) is 4.79 Å². The molecular weight excluding hydrogens is 284 g/mol. The topological polar surface area (TPSA) is 80.0 Å². The van der Waals surface area contributed by atoms with Crippen LogP contribution in [0.15, 0.2) is 46.4 Å². The van der Waals surface area contributed by atoms with Crippen molar-refractivity contribution in [2.24, 2.45) is 5.73 Å². The van der Waals surface area contributed by atoms with Crippen LogP contribution in [0.25, 0.3) is 17.4 Å². The van der Waals surface area contributed by atoms with E-state index < -0.39 is 0 Å². The average molecular weight is 296 g/mol. The molecule has 104 valence electrons. The Morgan fingerprint density at radius 1 is 1.29 bits per heavy atom. The van der Waals surface area contributed by atoms with E-state index in [1.165, 1.54) is 13.0 Å². The first-order valence-corrected chi connectivity index (χ1v) is 6.55. The molecule has 1 aromatic heterocycles. The Morgan fingerprint density at radius 3 is 2.48 bits per heavy atom. The van der Waals surface area contributed by atoms with Crippen LogP contribution in [0.5, 0.6) is 0 Å². The number of nitrogens with two attached hydrogens (primary N) is 1. The molecule has 2 N–H and O–H groups in total. The second kappa shape index (κ2) is 6.16. The molecule has 4 nitrogen and oxygen atoms in total. The van der Waals surface area contributed by atoms with Crippen molar-refractivity contribution in [2.75, 3.05) is 0 Å². The lowest BCUT2D eigenvalue weighted by Crippen LogP contribution is -2.09. The SMILES string of the molecule is CC(=O)c1ccc(-c2ccc(C=C(C#N)C(N)=S)o2)cc1. The largest absolute Gasteiger partial charge is 0.457 e. The number of nitriles is 1. The molecule has 1 heterocycles. The van der Waals surface area contributed by atoms with E-state index in [0.29, 0.717) is 17.1 Å². The van der Waals surface area contributed by atoms with Crippen LogP contribution in [0.3, 0.4) is 0 Å². The highest BCUT2D eigenvalue weighted by atomic mass is 32.1. The molecule has 0 fully saturated rings. The number of thiocarbonyl (C=S) groups is 1. The van der Waals surface area contributed by atoms with Crippen molar-refractivity contribution < 1.29 is 9.21 Å². The maximum Gasteiger partial charge on any atom is 0.159 e. The molecule has 21 heavy (non-hydrogen) atoms. The van der Waals surface area contributed by atoms with Gasteiger partial charge in [0.2, 0.25) is 0 Å². The number of carbonyl (C=O) groups is 1. The monoisotopic (exact) mass is 296 g/mol. The summed E-state index contributed by atoms with van der Waals surface area (Å²) in [6, 6.07) is 12.5. The van der Waals surface area contributed by atoms with Gasteiger partial charge in [0.1, 0.15) is 22.6 Å². The lowest BCUT2D eigenvalue weighted by atomic mass is 10.1. The molecule has 0 unspecified atom stereocenters. The third-order valence-corrected chi connectivity index (χ3v) is 3.10. The van der Waals surface area contributed by atoms with Crippen LogP contribution in [-0.2, 0) is 0 Å². The predicted octanol–water partition coefficient (Wildman–Crippen LogP) is 3.34. The van der Waals surface area contributed by atoms with Gasteiger partial charge < -0.3 is 10.2 Å². The Labute approximate surface area is 127 Å². The van der Waals surface area contributed by atoms with Gasteiger partial charge in [-0.2, -0.15) is 5.26 Å². The molecule has 0 atom stereocenters. The lowest BCUT2D eigenvalue weighted by Gasteiger charge is -1.99. The second-order valence-corrected chi connectivity index (χ2v) is 4.81. The van der Waals surface area contributed by atoms with Crippen LogP contribution in [0, 0.1) is 11.3 Å². The van der Waals surface area contributed by atoms with E-state index in [2.05, 4.69) is 0 Å². The fourth-order valence-corrected chi connectivity index (χ4v) is 1.86. The fourth-order valence-electron chi connectivity index (χ4n) is 1.76. The number of nitrogens with zero attached hydrogens (tertiary/aromatic N) is 1. The van der Waals surface area contributed by atoms with Gasteiger partial charge in [0.15, 0.2) is 5.78 Å². The number of Topliss-reactive ketones (excluding diaryl/α,β-unsaturated/α-hetero) is 1. The molecule has 0 bridgehead atoms. The van der Waals surface area contributed by atoms with Crippen molar-refractivity contribution in [3.63, 3.8) is 0 Å². The fraction of sp³-hybridized carbons (Fsp3) is 0.0625. The molecule has 0 aliphatic rings. The second-order valence-electron chi connectivity index (χ2n) is 4.37. The number of hydrogen-bond donors (Lipinski definition) is 1. The highest BCUT2D eigenvalue weighted by Gasteiger charge is 2.07. The van der Waals surface area contributed by atoms with E-state index >= 15 is 0 Å². The Hall–Kier alpha value is -2.71. The number of furan rings is 1. The first-order valence-electron chi connectivity index (χ1n) is 6.14. The molecule has 0 saturated heterocycles. The van der Waals surface area contributed by atoms with Crippen molar-refractivity contribution in [1.29, 1.82) is 5.26 Å². The zero-order valence-electron chi connectivity index (χ0n) is 11.3. The van der Waals surface area contributed by atoms with Crippen LogP contribution in [0.1, 0.15) is 23.0 Å². The first-order chi connectivity index (χ1) is 10.0. The molecule has 0 saturated carbocycles. The van der Waals surface area contributed by atoms with Crippen LogP contribution in [-0.4, -0.2) is 10.8 Å². The maximum absolute atomic E-state index is 11.2. The van der Waals surface area contributed by atoms with E-state index in [4.69, 9.17) is 27.6 Å². The summed E-state index contributed by atoms with van der Waals surface area (Å²) in [4.78, 5) is 11.3. The van der Waals surface area contributed by atoms with Crippen molar-refractivity contribution >= 4 is 29.1 Å². The molecule has 0 spiro atoms. The van der Waals surface area contributed by atoms with E-state index in [-0.39, 0.29) is 16.3 Å². The number of ketones is 1. The van der Waals surface area contributed by atoms with Crippen molar-refractivity contribution in [2.45, 2.75) is 6.92 Å². The minimum Gasteiger partial charge on any atom is -0.457 e. The quantitative estimate of drug-likeness (QED) is 0.405. The Morgan fingerprint density at radius 2 is 1.95 bits per heavy atom. The van der Waals surface area contributed by atoms with Gasteiger partial charge in [-0.25, -0.2) is 0 Å². The number of hydrogen-bond acceptors (Lipinski definition) is 4. The van der Waals surface area contributed by atoms with E-state index in [1.54, 1.807) is 24.3 Å². The van der Waals surface area contributed by atoms with E-state index in [1.807, 2.05) is 18.2 Å². The summed E-state index contributed by atoms with van der Waals surface area (Å²) >= 11 is 4.77. The Kier molecular flexibility index (Phi) is 4.31. The Bertz CT molecular complexity index is 764. The summed E-state index contributed by atoms with van der Waals surface area (Å²) < 4.78 is 5.62. The highest BCUT2D eigenvalue weighted by Crippen LogP contribution is 2.24. The normalized spacial score (nSPS) is 11.0. The summed E-state index contributed by atoms with van der Waals surface area (Å²) in [5.41, 5.74) is 7.10. The molecule has 0 aliphatic carbocycles. The van der Waals surface area contributed by atoms with Crippen molar-refractivity contribution in [3.05, 3.63) is 53.3 Å². The standard InChI is InChI=1S/C16H12N2O2S/c1-10(19)11-2-4-12(5-3-11)15-7-6-14(20-15)8-13(9-17)16(18)21/h2-8H,1H3,(H2,18,21). The number of carbonyl (C=O) groups excluding carboxylic acids is 1. The van der Waals surface area contributed by atoms with E-state index in [9.17, 15) is 4.79 Å². The number of benzene rings is 1. The summed E-state index contributed by atoms with van der Waals surface area (Å²) in [7, 11) is 0. The third-order valence-electron chi connectivity index (χ3n) is 2.88. The average Bonchev–Trinajstić information content (AvgIpc) is 2.93. The van der Waals surface area contributed by atoms with Gasteiger partial charge in [-0.15, -0.1) is 0 Å². The summed E-state index contributed by atoms with van der Waals surface area (Å²) in [5.74, 6) is 1.14. The molecular formula is C16H12N2O2S. The van der Waals surface area contributed by atoms with Crippen molar-refractivity contribution in [1.82, 2.24) is 0 Å². The van der Waals surface area contributed by atoms with Crippen LogP contribution in [0.4, 0.5) is 0 Å². The first kappa shape index (κ1) is 14.7. The molecule has 0 radical (unpaired) electrons. The van der Waals surface area contributed by atoms with Gasteiger partial charge in [0.05, 0.1) is 5.57 Å². The van der Waals surface area contributed by atoms with E-state index in [0.717, 1.165) is 5.56 Å². The summed E-state index contributed by atoms with van der Waals surface area (Å²) in [5, 5.41) is 8.90. The predicted molar refractivity (Wildman–Crippen MR) is 84.5 cm³/mol. The minimum atomic E-state index is 0.0136. The van der Waals surface area contributed by atoms with Crippen LogP contribution >= 0.6 is 12.2 Å². The lowest BCUT2D eigenvalue weighted by molar-refractivity contribution is 0.101. The molecule has 5 heteroatoms. The molecule has 0 amide bonds. The smallest absolute Gasteiger partial charge is 0.159 e. The van der Waals surface area contributed by atoms with Crippen LogP contribution < -0.4 is 5.73 Å². The summed E-state index contributed by atoms with van der Waals surface area (Å²) in [6.45, 7) is 1.52. The van der Waals surface area contributed by atoms with Gasteiger partial charge in [0, 0.05) is 17.2 Å². The Balaban J connectivity index is 2.30. The minimum absolute atomic E-state index is 0.0136. The molecule has 0 aliphatic heterocycles. The molecule has 2 rings (SSSR count).